The van der Waals surface area contributed by atoms with Crippen LogP contribution in [0.2, 0.25) is 5.02 Å². The summed E-state index contributed by atoms with van der Waals surface area (Å²) in [5, 5.41) is 15.8. The Morgan fingerprint density at radius 2 is 2.05 bits per heavy atom. The summed E-state index contributed by atoms with van der Waals surface area (Å²) in [6.45, 7) is 2.50. The Balaban J connectivity index is 2.45. The SMILES string of the molecule is CCNc1cnn(-c2ccc(C(=O)O)cc2)c(=O)c1Cl. The molecule has 0 fully saturated rings. The molecule has 6 nitrogen and oxygen atoms in total. The van der Waals surface area contributed by atoms with Crippen LogP contribution in [-0.2, 0) is 0 Å². The van der Waals surface area contributed by atoms with Gasteiger partial charge in [-0.1, -0.05) is 11.6 Å². The van der Waals surface area contributed by atoms with Gasteiger partial charge in [0.2, 0.25) is 0 Å². The van der Waals surface area contributed by atoms with Crippen molar-refractivity contribution in [2.45, 2.75) is 6.92 Å². The molecule has 104 valence electrons. The lowest BCUT2D eigenvalue weighted by Gasteiger charge is -2.09. The summed E-state index contributed by atoms with van der Waals surface area (Å²) < 4.78 is 1.12. The molecule has 0 radical (unpaired) electrons. The van der Waals surface area contributed by atoms with E-state index in [4.69, 9.17) is 16.7 Å². The third-order valence-electron chi connectivity index (χ3n) is 2.64. The molecule has 0 aliphatic rings. The van der Waals surface area contributed by atoms with Crippen LogP contribution in [0.4, 0.5) is 5.69 Å². The number of benzene rings is 1. The first-order valence-electron chi connectivity index (χ1n) is 5.90. The monoisotopic (exact) mass is 293 g/mol. The van der Waals surface area contributed by atoms with Crippen molar-refractivity contribution in [2.24, 2.45) is 0 Å². The normalized spacial score (nSPS) is 10.3. The standard InChI is InChI=1S/C13H12ClN3O3/c1-2-15-10-7-16-17(12(18)11(10)14)9-5-3-8(4-6-9)13(19)20/h3-7,15H,2H2,1H3,(H,19,20). The van der Waals surface area contributed by atoms with Crippen LogP contribution in [0.15, 0.2) is 35.3 Å². The Hall–Kier alpha value is -2.34. The number of hydrogen-bond donors (Lipinski definition) is 2. The fraction of sp³-hybridized carbons (Fsp3) is 0.154. The number of carboxylic acids is 1. The third-order valence-corrected chi connectivity index (χ3v) is 3.01. The van der Waals surface area contributed by atoms with E-state index in [0.717, 1.165) is 4.68 Å². The van der Waals surface area contributed by atoms with Gasteiger partial charge in [0.15, 0.2) is 0 Å². The van der Waals surface area contributed by atoms with E-state index in [1.807, 2.05) is 6.92 Å². The number of anilines is 1. The van der Waals surface area contributed by atoms with Crippen LogP contribution in [0.25, 0.3) is 5.69 Å². The van der Waals surface area contributed by atoms with Crippen LogP contribution < -0.4 is 10.9 Å². The highest BCUT2D eigenvalue weighted by Crippen LogP contribution is 2.16. The number of nitrogens with zero attached hydrogens (tertiary/aromatic N) is 2. The predicted molar refractivity (Wildman–Crippen MR) is 76.0 cm³/mol. The first kappa shape index (κ1) is 14.1. The van der Waals surface area contributed by atoms with Crippen LogP contribution in [0.1, 0.15) is 17.3 Å². The molecule has 1 aromatic carbocycles. The Bertz CT molecular complexity index is 695. The summed E-state index contributed by atoms with van der Waals surface area (Å²) in [7, 11) is 0. The molecule has 0 unspecified atom stereocenters. The lowest BCUT2D eigenvalue weighted by molar-refractivity contribution is 0.0697. The molecule has 0 aliphatic heterocycles. The second-order valence-electron chi connectivity index (χ2n) is 3.97. The quantitative estimate of drug-likeness (QED) is 0.901. The van der Waals surface area contributed by atoms with Gasteiger partial charge in [-0.05, 0) is 31.2 Å². The number of aromatic carboxylic acids is 1. The summed E-state index contributed by atoms with van der Waals surface area (Å²) in [5.74, 6) is -1.03. The number of aromatic nitrogens is 2. The van der Waals surface area contributed by atoms with Gasteiger partial charge in [-0.2, -0.15) is 9.78 Å². The Kier molecular flexibility index (Phi) is 4.05. The fourth-order valence-corrected chi connectivity index (χ4v) is 1.87. The molecule has 0 saturated heterocycles. The zero-order valence-electron chi connectivity index (χ0n) is 10.6. The van der Waals surface area contributed by atoms with Gasteiger partial charge < -0.3 is 10.4 Å². The van der Waals surface area contributed by atoms with Gasteiger partial charge in [-0.15, -0.1) is 0 Å². The van der Waals surface area contributed by atoms with Gasteiger partial charge >= 0.3 is 5.97 Å². The highest BCUT2D eigenvalue weighted by molar-refractivity contribution is 6.32. The minimum atomic E-state index is -1.03. The second-order valence-corrected chi connectivity index (χ2v) is 4.35. The van der Waals surface area contributed by atoms with Gasteiger partial charge in [0.1, 0.15) is 5.02 Å². The van der Waals surface area contributed by atoms with E-state index in [9.17, 15) is 9.59 Å². The fourth-order valence-electron chi connectivity index (χ4n) is 1.68. The largest absolute Gasteiger partial charge is 0.478 e. The Morgan fingerprint density at radius 3 is 2.60 bits per heavy atom. The molecule has 2 rings (SSSR count). The molecular formula is C13H12ClN3O3. The number of carboxylic acid groups (broad SMARTS) is 1. The topological polar surface area (TPSA) is 84.2 Å². The van der Waals surface area contributed by atoms with Gasteiger partial charge in [-0.25, -0.2) is 4.79 Å². The highest BCUT2D eigenvalue weighted by Gasteiger charge is 2.10. The molecule has 0 saturated carbocycles. The molecule has 20 heavy (non-hydrogen) atoms. The van der Waals surface area contributed by atoms with E-state index in [1.165, 1.54) is 30.5 Å². The minimum absolute atomic E-state index is 0.0455. The number of hydrogen-bond acceptors (Lipinski definition) is 4. The maximum atomic E-state index is 12.1. The molecule has 0 spiro atoms. The van der Waals surface area contributed by atoms with Crippen molar-refractivity contribution in [3.05, 3.63) is 51.4 Å². The van der Waals surface area contributed by atoms with E-state index in [0.29, 0.717) is 17.9 Å². The maximum Gasteiger partial charge on any atom is 0.335 e. The summed E-state index contributed by atoms with van der Waals surface area (Å²) in [5.41, 5.74) is 0.591. The van der Waals surface area contributed by atoms with Gasteiger partial charge in [0.05, 0.1) is 23.1 Å². The van der Waals surface area contributed by atoms with Gasteiger partial charge in [-0.3, -0.25) is 4.79 Å². The first-order chi connectivity index (χ1) is 9.54. The van der Waals surface area contributed by atoms with Crippen molar-refractivity contribution in [2.75, 3.05) is 11.9 Å². The van der Waals surface area contributed by atoms with Crippen LogP contribution in [0, 0.1) is 0 Å². The molecule has 0 bridgehead atoms. The minimum Gasteiger partial charge on any atom is -0.478 e. The predicted octanol–water partition coefficient (Wildman–Crippen LogP) is 2.02. The van der Waals surface area contributed by atoms with Crippen molar-refractivity contribution in [3.8, 4) is 5.69 Å². The van der Waals surface area contributed by atoms with E-state index in [2.05, 4.69) is 10.4 Å². The summed E-state index contributed by atoms with van der Waals surface area (Å²) >= 11 is 5.98. The average molecular weight is 294 g/mol. The van der Waals surface area contributed by atoms with Crippen molar-refractivity contribution in [1.29, 1.82) is 0 Å². The third kappa shape index (κ3) is 2.65. The zero-order valence-corrected chi connectivity index (χ0v) is 11.4. The lowest BCUT2D eigenvalue weighted by atomic mass is 10.2. The van der Waals surface area contributed by atoms with Crippen LogP contribution >= 0.6 is 11.6 Å². The smallest absolute Gasteiger partial charge is 0.335 e. The van der Waals surface area contributed by atoms with Crippen molar-refractivity contribution < 1.29 is 9.90 Å². The number of nitrogens with one attached hydrogen (secondary N) is 1. The van der Waals surface area contributed by atoms with E-state index >= 15 is 0 Å². The van der Waals surface area contributed by atoms with E-state index in [1.54, 1.807) is 0 Å². The van der Waals surface area contributed by atoms with Gasteiger partial charge in [0, 0.05) is 6.54 Å². The maximum absolute atomic E-state index is 12.1. The molecular weight excluding hydrogens is 282 g/mol. The molecule has 2 aromatic rings. The van der Waals surface area contributed by atoms with Gasteiger partial charge in [0.25, 0.3) is 5.56 Å². The number of halogens is 1. The average Bonchev–Trinajstić information content (AvgIpc) is 2.44. The van der Waals surface area contributed by atoms with E-state index in [-0.39, 0.29) is 10.6 Å². The molecule has 0 atom stereocenters. The molecule has 0 aliphatic carbocycles. The zero-order chi connectivity index (χ0) is 14.7. The van der Waals surface area contributed by atoms with Crippen molar-refractivity contribution in [3.63, 3.8) is 0 Å². The summed E-state index contributed by atoms with van der Waals surface area (Å²) in [6, 6.07) is 5.80. The lowest BCUT2D eigenvalue weighted by Crippen LogP contribution is -2.22. The summed E-state index contributed by atoms with van der Waals surface area (Å²) in [6.07, 6.45) is 1.46. The number of rotatable bonds is 4. The molecule has 0 amide bonds. The van der Waals surface area contributed by atoms with Crippen molar-refractivity contribution >= 4 is 23.3 Å². The second kappa shape index (κ2) is 5.75. The Labute approximate surface area is 119 Å². The highest BCUT2D eigenvalue weighted by atomic mass is 35.5. The van der Waals surface area contributed by atoms with E-state index < -0.39 is 11.5 Å². The Morgan fingerprint density at radius 1 is 1.40 bits per heavy atom. The first-order valence-corrected chi connectivity index (χ1v) is 6.27. The number of carbonyl (C=O) groups is 1. The molecule has 2 N–H and O–H groups in total. The van der Waals surface area contributed by atoms with Crippen LogP contribution in [0.5, 0.6) is 0 Å². The van der Waals surface area contributed by atoms with Crippen molar-refractivity contribution in [1.82, 2.24) is 9.78 Å². The molecule has 7 heteroatoms. The molecule has 1 aromatic heterocycles. The molecule has 1 heterocycles. The summed E-state index contributed by atoms with van der Waals surface area (Å²) in [4.78, 5) is 22.9. The van der Waals surface area contributed by atoms with Crippen LogP contribution in [-0.4, -0.2) is 27.4 Å². The van der Waals surface area contributed by atoms with Crippen LogP contribution in [0.3, 0.4) is 0 Å².